The Hall–Kier alpha value is -1.72. The van der Waals surface area contributed by atoms with Crippen molar-refractivity contribution in [2.45, 2.75) is 44.7 Å². The number of carbonyl (C=O) groups is 1. The van der Waals surface area contributed by atoms with E-state index in [2.05, 4.69) is 10.6 Å². The molecule has 110 valence electrons. The standard InChI is InChI=1S/C14H17F3N2O/c1-8(14(20)19-10-4-2-3-5-10)18-13-11(16)6-9(15)7-12(13)17/h6-8,10,18H,2-5H2,1H3,(H,19,20). The number of halogens is 3. The predicted octanol–water partition coefficient (Wildman–Crippen LogP) is 2.96. The van der Waals surface area contributed by atoms with Gasteiger partial charge in [-0.15, -0.1) is 0 Å². The Kier molecular flexibility index (Phi) is 4.52. The van der Waals surface area contributed by atoms with Gasteiger partial charge in [-0.2, -0.15) is 0 Å². The lowest BCUT2D eigenvalue weighted by molar-refractivity contribution is -0.122. The SMILES string of the molecule is CC(Nc1c(F)cc(F)cc1F)C(=O)NC1CCCC1. The van der Waals surface area contributed by atoms with Crippen LogP contribution in [0.2, 0.25) is 0 Å². The molecule has 1 fully saturated rings. The number of hydrogen-bond acceptors (Lipinski definition) is 2. The molecule has 1 unspecified atom stereocenters. The molecule has 0 aliphatic heterocycles. The van der Waals surface area contributed by atoms with Crippen LogP contribution in [-0.2, 0) is 4.79 Å². The van der Waals surface area contributed by atoms with Crippen LogP contribution in [0, 0.1) is 17.5 Å². The number of amides is 1. The molecule has 1 saturated carbocycles. The first kappa shape index (κ1) is 14.7. The summed E-state index contributed by atoms with van der Waals surface area (Å²) >= 11 is 0. The highest BCUT2D eigenvalue weighted by Gasteiger charge is 2.22. The molecule has 0 heterocycles. The van der Waals surface area contributed by atoms with Gasteiger partial charge in [-0.25, -0.2) is 13.2 Å². The third kappa shape index (κ3) is 3.43. The second-order valence-corrected chi connectivity index (χ2v) is 5.10. The van der Waals surface area contributed by atoms with Crippen molar-refractivity contribution in [1.29, 1.82) is 0 Å². The van der Waals surface area contributed by atoms with Crippen molar-refractivity contribution in [2.75, 3.05) is 5.32 Å². The molecule has 3 nitrogen and oxygen atoms in total. The summed E-state index contributed by atoms with van der Waals surface area (Å²) in [6, 6.07) is 0.486. The fourth-order valence-electron chi connectivity index (χ4n) is 2.36. The zero-order valence-electron chi connectivity index (χ0n) is 11.2. The number of rotatable bonds is 4. The highest BCUT2D eigenvalue weighted by molar-refractivity contribution is 5.84. The molecule has 1 aliphatic carbocycles. The molecule has 2 rings (SSSR count). The topological polar surface area (TPSA) is 41.1 Å². The summed E-state index contributed by atoms with van der Waals surface area (Å²) in [4.78, 5) is 11.9. The molecule has 6 heteroatoms. The molecule has 1 aromatic rings. The van der Waals surface area contributed by atoms with Crippen molar-refractivity contribution < 1.29 is 18.0 Å². The van der Waals surface area contributed by atoms with Crippen molar-refractivity contribution >= 4 is 11.6 Å². The van der Waals surface area contributed by atoms with Gasteiger partial charge >= 0.3 is 0 Å². The maximum Gasteiger partial charge on any atom is 0.242 e. The molecule has 1 aromatic carbocycles. The highest BCUT2D eigenvalue weighted by atomic mass is 19.1. The summed E-state index contributed by atoms with van der Waals surface area (Å²) in [6.07, 6.45) is 4.01. The van der Waals surface area contributed by atoms with E-state index >= 15 is 0 Å². The quantitative estimate of drug-likeness (QED) is 0.893. The van der Waals surface area contributed by atoms with Crippen molar-refractivity contribution in [3.8, 4) is 0 Å². The van der Waals surface area contributed by atoms with Crippen molar-refractivity contribution in [2.24, 2.45) is 0 Å². The van der Waals surface area contributed by atoms with E-state index in [-0.39, 0.29) is 11.9 Å². The summed E-state index contributed by atoms with van der Waals surface area (Å²) in [5, 5.41) is 5.28. The Bertz CT molecular complexity index is 478. The van der Waals surface area contributed by atoms with Gasteiger partial charge in [0.25, 0.3) is 0 Å². The van der Waals surface area contributed by atoms with Crippen molar-refractivity contribution in [3.05, 3.63) is 29.6 Å². The minimum atomic E-state index is -1.05. The average molecular weight is 286 g/mol. The number of benzene rings is 1. The van der Waals surface area contributed by atoms with E-state index in [1.807, 2.05) is 0 Å². The maximum absolute atomic E-state index is 13.5. The van der Waals surface area contributed by atoms with Gasteiger partial charge in [-0.05, 0) is 19.8 Å². The normalized spacial score (nSPS) is 17.0. The van der Waals surface area contributed by atoms with E-state index in [9.17, 15) is 18.0 Å². The molecular formula is C14H17F3N2O. The second-order valence-electron chi connectivity index (χ2n) is 5.10. The Labute approximate surface area is 115 Å². The first-order valence-electron chi connectivity index (χ1n) is 6.69. The predicted molar refractivity (Wildman–Crippen MR) is 69.8 cm³/mol. The molecule has 0 saturated heterocycles. The fraction of sp³-hybridized carbons (Fsp3) is 0.500. The van der Waals surface area contributed by atoms with E-state index in [4.69, 9.17) is 0 Å². The van der Waals surface area contributed by atoms with E-state index in [1.165, 1.54) is 6.92 Å². The molecule has 0 aromatic heterocycles. The fourth-order valence-corrected chi connectivity index (χ4v) is 2.36. The van der Waals surface area contributed by atoms with Crippen LogP contribution in [0.3, 0.4) is 0 Å². The molecule has 1 atom stereocenters. The smallest absolute Gasteiger partial charge is 0.242 e. The van der Waals surface area contributed by atoms with Crippen LogP contribution in [0.25, 0.3) is 0 Å². The summed E-state index contributed by atoms with van der Waals surface area (Å²) in [6.45, 7) is 1.51. The van der Waals surface area contributed by atoms with Crippen LogP contribution in [0.1, 0.15) is 32.6 Å². The van der Waals surface area contributed by atoms with Gasteiger partial charge in [-0.3, -0.25) is 4.79 Å². The van der Waals surface area contributed by atoms with Gasteiger partial charge < -0.3 is 10.6 Å². The van der Waals surface area contributed by atoms with Gasteiger partial charge in [0, 0.05) is 18.2 Å². The zero-order valence-corrected chi connectivity index (χ0v) is 11.2. The van der Waals surface area contributed by atoms with Gasteiger partial charge in [0.05, 0.1) is 0 Å². The van der Waals surface area contributed by atoms with Crippen LogP contribution in [-0.4, -0.2) is 18.0 Å². The number of nitrogens with one attached hydrogen (secondary N) is 2. The van der Waals surface area contributed by atoms with Gasteiger partial charge in [-0.1, -0.05) is 12.8 Å². The van der Waals surface area contributed by atoms with Crippen LogP contribution in [0.4, 0.5) is 18.9 Å². The third-order valence-corrected chi connectivity index (χ3v) is 3.46. The highest BCUT2D eigenvalue weighted by Crippen LogP contribution is 2.21. The molecule has 1 amide bonds. The van der Waals surface area contributed by atoms with Crippen LogP contribution in [0.15, 0.2) is 12.1 Å². The van der Waals surface area contributed by atoms with Gasteiger partial charge in [0.2, 0.25) is 5.91 Å². The van der Waals surface area contributed by atoms with Gasteiger partial charge in [0.15, 0.2) is 11.6 Å². The minimum absolute atomic E-state index is 0.134. The van der Waals surface area contributed by atoms with Crippen LogP contribution >= 0.6 is 0 Å². The molecule has 0 bridgehead atoms. The van der Waals surface area contributed by atoms with E-state index in [0.29, 0.717) is 12.1 Å². The van der Waals surface area contributed by atoms with Crippen molar-refractivity contribution in [1.82, 2.24) is 5.32 Å². The largest absolute Gasteiger partial charge is 0.369 e. The number of hydrogen-bond donors (Lipinski definition) is 2. The van der Waals surface area contributed by atoms with Gasteiger partial charge in [0.1, 0.15) is 17.5 Å². The molecule has 0 spiro atoms. The average Bonchev–Trinajstić information content (AvgIpc) is 2.86. The number of anilines is 1. The minimum Gasteiger partial charge on any atom is -0.369 e. The Morgan fingerprint density at radius 3 is 2.30 bits per heavy atom. The summed E-state index contributed by atoms with van der Waals surface area (Å²) in [5.74, 6) is -3.42. The lowest BCUT2D eigenvalue weighted by Gasteiger charge is -2.19. The van der Waals surface area contributed by atoms with E-state index < -0.39 is 29.2 Å². The molecule has 20 heavy (non-hydrogen) atoms. The van der Waals surface area contributed by atoms with E-state index in [0.717, 1.165) is 25.7 Å². The molecule has 0 radical (unpaired) electrons. The lowest BCUT2D eigenvalue weighted by Crippen LogP contribution is -2.42. The first-order valence-corrected chi connectivity index (χ1v) is 6.69. The molecular weight excluding hydrogens is 269 g/mol. The van der Waals surface area contributed by atoms with Crippen LogP contribution < -0.4 is 10.6 Å². The lowest BCUT2D eigenvalue weighted by atomic mass is 10.2. The molecule has 1 aliphatic rings. The Morgan fingerprint density at radius 2 is 1.75 bits per heavy atom. The van der Waals surface area contributed by atoms with Crippen molar-refractivity contribution in [3.63, 3.8) is 0 Å². The second kappa shape index (κ2) is 6.15. The molecule has 2 N–H and O–H groups in total. The Balaban J connectivity index is 2.00. The summed E-state index contributed by atoms with van der Waals surface area (Å²) < 4.78 is 39.7. The summed E-state index contributed by atoms with van der Waals surface area (Å²) in [7, 11) is 0. The monoisotopic (exact) mass is 286 g/mol. The zero-order chi connectivity index (χ0) is 14.7. The van der Waals surface area contributed by atoms with E-state index in [1.54, 1.807) is 0 Å². The third-order valence-electron chi connectivity index (χ3n) is 3.46. The first-order chi connectivity index (χ1) is 9.47. The van der Waals surface area contributed by atoms with Crippen LogP contribution in [0.5, 0.6) is 0 Å². The Morgan fingerprint density at radius 1 is 1.20 bits per heavy atom. The number of carbonyl (C=O) groups excluding carboxylic acids is 1. The summed E-state index contributed by atoms with van der Waals surface area (Å²) in [5.41, 5.74) is -0.486. The maximum atomic E-state index is 13.5.